The highest BCUT2D eigenvalue weighted by Crippen LogP contribution is 2.33. The third kappa shape index (κ3) is 3.24. The average Bonchev–Trinajstić information content (AvgIpc) is 3.10. The van der Waals surface area contributed by atoms with Crippen LogP contribution in [0.1, 0.15) is 26.3 Å². The van der Waals surface area contributed by atoms with Gasteiger partial charge in [-0.25, -0.2) is 9.37 Å². The number of allylic oxidation sites excluding steroid dienone is 1. The molecule has 0 amide bonds. The number of halogens is 1. The molecule has 1 atom stereocenters. The van der Waals surface area contributed by atoms with Gasteiger partial charge >= 0.3 is 0 Å². The molecule has 2 aromatic heterocycles. The van der Waals surface area contributed by atoms with E-state index >= 15 is 0 Å². The summed E-state index contributed by atoms with van der Waals surface area (Å²) in [7, 11) is 0. The number of nitrogens with zero attached hydrogens (tertiary/aromatic N) is 5. The zero-order valence-electron chi connectivity index (χ0n) is 15.5. The summed E-state index contributed by atoms with van der Waals surface area (Å²) in [4.78, 5) is 6.75. The molecule has 3 N–H and O–H groups in total. The summed E-state index contributed by atoms with van der Waals surface area (Å²) in [6.45, 7) is 7.44. The molecule has 3 rings (SSSR count). The summed E-state index contributed by atoms with van der Waals surface area (Å²) in [6.07, 6.45) is 2.05. The van der Waals surface area contributed by atoms with E-state index in [-0.39, 0.29) is 11.9 Å². The first-order valence-corrected chi connectivity index (χ1v) is 8.61. The van der Waals surface area contributed by atoms with Gasteiger partial charge in [0.25, 0.3) is 0 Å². The summed E-state index contributed by atoms with van der Waals surface area (Å²) in [5.41, 5.74) is 6.10. The number of rotatable bonds is 4. The fourth-order valence-electron chi connectivity index (χ4n) is 3.13. The molecular formula is C18H22FN7O. The Bertz CT molecular complexity index is 957. The molecule has 0 radical (unpaired) electrons. The molecule has 1 saturated heterocycles. The smallest absolute Gasteiger partial charge is 0.182 e. The Hall–Kier alpha value is -2.99. The molecule has 2 aromatic rings. The molecule has 0 bridgehead atoms. The number of morpholine rings is 1. The maximum Gasteiger partial charge on any atom is 0.182 e. The minimum Gasteiger partial charge on any atom is -0.381 e. The number of nitrogens with one attached hydrogen (secondary N) is 1. The second-order valence-electron chi connectivity index (χ2n) is 7.05. The van der Waals surface area contributed by atoms with Crippen molar-refractivity contribution in [2.24, 2.45) is 5.73 Å². The Morgan fingerprint density at radius 2 is 2.30 bits per heavy atom. The van der Waals surface area contributed by atoms with Crippen molar-refractivity contribution in [2.45, 2.75) is 32.2 Å². The van der Waals surface area contributed by atoms with Crippen LogP contribution in [0.4, 0.5) is 10.2 Å². The molecule has 27 heavy (non-hydrogen) atoms. The molecular weight excluding hydrogens is 349 g/mol. The maximum atomic E-state index is 13.9. The summed E-state index contributed by atoms with van der Waals surface area (Å²) in [6, 6.07) is 4.28. The highest BCUT2D eigenvalue weighted by Gasteiger charge is 2.29. The van der Waals surface area contributed by atoms with Crippen LogP contribution < -0.4 is 10.6 Å². The van der Waals surface area contributed by atoms with Crippen molar-refractivity contribution in [1.82, 2.24) is 14.8 Å². The van der Waals surface area contributed by atoms with E-state index in [1.165, 1.54) is 10.9 Å². The molecule has 142 valence electrons. The van der Waals surface area contributed by atoms with E-state index in [1.807, 2.05) is 26.8 Å². The van der Waals surface area contributed by atoms with E-state index < -0.39 is 11.2 Å². The van der Waals surface area contributed by atoms with Gasteiger partial charge in [-0.3, -0.25) is 0 Å². The molecule has 8 nitrogen and oxygen atoms in total. The number of fused-ring (bicyclic) bond motifs is 1. The third-order valence-corrected chi connectivity index (χ3v) is 4.74. The Labute approximate surface area is 156 Å². The number of pyridine rings is 1. The van der Waals surface area contributed by atoms with Crippen LogP contribution >= 0.6 is 0 Å². The van der Waals surface area contributed by atoms with E-state index in [0.29, 0.717) is 42.8 Å². The lowest BCUT2D eigenvalue weighted by Gasteiger charge is -2.35. The number of anilines is 1. The topological polar surface area (TPSA) is 117 Å². The molecule has 9 heteroatoms. The van der Waals surface area contributed by atoms with Crippen LogP contribution in [-0.2, 0) is 10.2 Å². The zero-order chi connectivity index (χ0) is 19.8. The first kappa shape index (κ1) is 18.8. The van der Waals surface area contributed by atoms with Crippen molar-refractivity contribution in [1.29, 1.82) is 10.7 Å². The predicted molar refractivity (Wildman–Crippen MR) is 101 cm³/mol. The minimum absolute atomic E-state index is 0.101. The lowest BCUT2D eigenvalue weighted by Crippen LogP contribution is -2.44. The summed E-state index contributed by atoms with van der Waals surface area (Å²) in [5, 5.41) is 21.5. The SMILES string of the molecule is C[C@@H]1COCCN1c1cc(C(C)(C)C#N)c2cnn(C(N)=C(F)C=N)c2n1. The van der Waals surface area contributed by atoms with E-state index in [2.05, 4.69) is 21.1 Å². The van der Waals surface area contributed by atoms with Crippen molar-refractivity contribution < 1.29 is 9.13 Å². The second kappa shape index (κ2) is 6.96. The summed E-state index contributed by atoms with van der Waals surface area (Å²) < 4.78 is 20.5. The molecule has 0 aromatic carbocycles. The van der Waals surface area contributed by atoms with Gasteiger partial charge in [-0.15, -0.1) is 0 Å². The van der Waals surface area contributed by atoms with Gasteiger partial charge in [-0.1, -0.05) is 0 Å². The number of ether oxygens (including phenoxy) is 1. The average molecular weight is 371 g/mol. The molecule has 3 heterocycles. The fraction of sp³-hybridized carbons (Fsp3) is 0.444. The van der Waals surface area contributed by atoms with Crippen molar-refractivity contribution in [3.8, 4) is 6.07 Å². The number of hydrogen-bond donors (Lipinski definition) is 2. The predicted octanol–water partition coefficient (Wildman–Crippen LogP) is 2.16. The minimum atomic E-state index is -0.909. The van der Waals surface area contributed by atoms with Gasteiger partial charge in [-0.05, 0) is 32.4 Å². The Kier molecular flexibility index (Phi) is 4.85. The number of nitriles is 1. The van der Waals surface area contributed by atoms with Crippen LogP contribution in [0.3, 0.4) is 0 Å². The largest absolute Gasteiger partial charge is 0.381 e. The normalized spacial score (nSPS) is 18.9. The van der Waals surface area contributed by atoms with E-state index in [0.717, 1.165) is 5.56 Å². The quantitative estimate of drug-likeness (QED) is 0.796. The number of nitrogens with two attached hydrogens (primary N) is 1. The van der Waals surface area contributed by atoms with Crippen LogP contribution in [0.25, 0.3) is 16.9 Å². The van der Waals surface area contributed by atoms with E-state index in [1.54, 1.807) is 0 Å². The monoisotopic (exact) mass is 371 g/mol. The van der Waals surface area contributed by atoms with Gasteiger partial charge in [0.15, 0.2) is 17.3 Å². The fourth-order valence-corrected chi connectivity index (χ4v) is 3.13. The summed E-state index contributed by atoms with van der Waals surface area (Å²) in [5.74, 6) is -0.574. The molecule has 0 saturated carbocycles. The van der Waals surface area contributed by atoms with E-state index in [9.17, 15) is 9.65 Å². The molecule has 1 aliphatic rings. The first-order valence-electron chi connectivity index (χ1n) is 8.61. The van der Waals surface area contributed by atoms with Crippen LogP contribution in [0, 0.1) is 16.7 Å². The Morgan fingerprint density at radius 3 is 2.93 bits per heavy atom. The van der Waals surface area contributed by atoms with Crippen molar-refractivity contribution in [3.63, 3.8) is 0 Å². The molecule has 1 fully saturated rings. The van der Waals surface area contributed by atoms with Crippen LogP contribution in [0.2, 0.25) is 0 Å². The van der Waals surface area contributed by atoms with Gasteiger partial charge in [0.2, 0.25) is 0 Å². The highest BCUT2D eigenvalue weighted by atomic mass is 19.1. The van der Waals surface area contributed by atoms with Gasteiger partial charge in [0.1, 0.15) is 5.82 Å². The maximum absolute atomic E-state index is 13.9. The van der Waals surface area contributed by atoms with Gasteiger partial charge in [-0.2, -0.15) is 15.0 Å². The summed E-state index contributed by atoms with van der Waals surface area (Å²) >= 11 is 0. The van der Waals surface area contributed by atoms with Crippen LogP contribution in [0.5, 0.6) is 0 Å². The standard InChI is InChI=1S/C18H22FN7O/c1-11-9-27-5-4-25(11)15-6-13(18(2,3)10-21)12-8-23-26(17(12)24-15)16(22)14(19)7-20/h6-8,11,20H,4-5,9,22H2,1-3H3/t11-/m1/s1. The number of hydrogen-bond acceptors (Lipinski definition) is 7. The molecule has 1 aliphatic heterocycles. The van der Waals surface area contributed by atoms with Gasteiger partial charge in [0, 0.05) is 11.9 Å². The van der Waals surface area contributed by atoms with Crippen molar-refractivity contribution in [2.75, 3.05) is 24.7 Å². The molecule has 0 spiro atoms. The van der Waals surface area contributed by atoms with Crippen molar-refractivity contribution >= 4 is 28.9 Å². The lowest BCUT2D eigenvalue weighted by molar-refractivity contribution is 0.0985. The number of aromatic nitrogens is 3. The molecule has 0 aliphatic carbocycles. The Balaban J connectivity index is 2.29. The van der Waals surface area contributed by atoms with Crippen molar-refractivity contribution in [3.05, 3.63) is 23.7 Å². The lowest BCUT2D eigenvalue weighted by atomic mass is 9.85. The first-order chi connectivity index (χ1) is 12.8. The van der Waals surface area contributed by atoms with Crippen LogP contribution in [0.15, 0.2) is 18.1 Å². The molecule has 0 unspecified atom stereocenters. The van der Waals surface area contributed by atoms with E-state index in [4.69, 9.17) is 15.9 Å². The second-order valence-corrected chi connectivity index (χ2v) is 7.05. The van der Waals surface area contributed by atoms with Crippen LogP contribution in [-0.4, -0.2) is 46.8 Å². The zero-order valence-corrected chi connectivity index (χ0v) is 15.5. The Morgan fingerprint density at radius 1 is 1.56 bits per heavy atom. The third-order valence-electron chi connectivity index (χ3n) is 4.74. The van der Waals surface area contributed by atoms with Gasteiger partial charge < -0.3 is 20.8 Å². The van der Waals surface area contributed by atoms with Gasteiger partial charge in [0.05, 0.1) is 43.2 Å². The highest BCUT2D eigenvalue weighted by molar-refractivity contribution is 5.88.